The first-order valence-electron chi connectivity index (χ1n) is 9.99. The number of rotatable bonds is 5. The molecular formula is C25H22N2O3. The Morgan fingerprint density at radius 2 is 1.83 bits per heavy atom. The number of H-pyrrole nitrogens is 1. The Labute approximate surface area is 174 Å². The molecule has 2 N–H and O–H groups in total. The lowest BCUT2D eigenvalue weighted by molar-refractivity contribution is 0.0952. The number of aromatic amines is 1. The summed E-state index contributed by atoms with van der Waals surface area (Å²) < 4.78 is 10.7. The van der Waals surface area contributed by atoms with Crippen LogP contribution < -0.4 is 14.8 Å². The summed E-state index contributed by atoms with van der Waals surface area (Å²) >= 11 is 0. The van der Waals surface area contributed by atoms with E-state index in [1.54, 1.807) is 18.2 Å². The molecule has 1 aliphatic heterocycles. The van der Waals surface area contributed by atoms with Gasteiger partial charge in [0.15, 0.2) is 11.5 Å². The summed E-state index contributed by atoms with van der Waals surface area (Å²) in [5.74, 6) is 1.17. The zero-order valence-corrected chi connectivity index (χ0v) is 16.6. The van der Waals surface area contributed by atoms with Crippen molar-refractivity contribution in [1.29, 1.82) is 0 Å². The Balaban J connectivity index is 1.43. The van der Waals surface area contributed by atoms with Gasteiger partial charge in [0, 0.05) is 35.1 Å². The van der Waals surface area contributed by atoms with E-state index in [1.807, 2.05) is 18.3 Å². The topological polar surface area (TPSA) is 63.4 Å². The highest BCUT2D eigenvalue weighted by Crippen LogP contribution is 2.33. The largest absolute Gasteiger partial charge is 0.454 e. The molecule has 150 valence electrons. The number of aromatic nitrogens is 1. The lowest BCUT2D eigenvalue weighted by atomic mass is 9.90. The fraction of sp³-hybridized carbons (Fsp3) is 0.160. The van der Waals surface area contributed by atoms with Gasteiger partial charge in [-0.2, -0.15) is 0 Å². The van der Waals surface area contributed by atoms with Gasteiger partial charge < -0.3 is 19.8 Å². The summed E-state index contributed by atoms with van der Waals surface area (Å²) in [6.07, 6.45) is 2.04. The molecular weight excluding hydrogens is 376 g/mol. The van der Waals surface area contributed by atoms with Gasteiger partial charge in [0.25, 0.3) is 5.91 Å². The first kappa shape index (κ1) is 18.3. The standard InChI is InChI=1S/C25H22N2O3/c1-16-6-8-17(9-7-16)20(21-14-26-22-5-3-2-4-19(21)22)13-27-25(28)18-10-11-23-24(12-18)30-15-29-23/h2-12,14,20,26H,13,15H2,1H3,(H,27,28). The lowest BCUT2D eigenvalue weighted by Crippen LogP contribution is -2.28. The minimum atomic E-state index is -0.134. The van der Waals surface area contributed by atoms with Gasteiger partial charge in [-0.25, -0.2) is 0 Å². The van der Waals surface area contributed by atoms with Crippen molar-refractivity contribution in [2.45, 2.75) is 12.8 Å². The highest BCUT2D eigenvalue weighted by Gasteiger charge is 2.21. The fourth-order valence-electron chi connectivity index (χ4n) is 3.92. The van der Waals surface area contributed by atoms with E-state index < -0.39 is 0 Å². The molecule has 1 atom stereocenters. The molecule has 0 saturated carbocycles. The van der Waals surface area contributed by atoms with Crippen molar-refractivity contribution in [3.8, 4) is 11.5 Å². The van der Waals surface area contributed by atoms with Gasteiger partial charge >= 0.3 is 0 Å². The number of fused-ring (bicyclic) bond motifs is 2. The Morgan fingerprint density at radius 1 is 1.03 bits per heavy atom. The first-order chi connectivity index (χ1) is 14.7. The van der Waals surface area contributed by atoms with Crippen LogP contribution in [0.15, 0.2) is 72.9 Å². The van der Waals surface area contributed by atoms with Gasteiger partial charge in [-0.3, -0.25) is 4.79 Å². The third-order valence-electron chi connectivity index (χ3n) is 5.58. The maximum atomic E-state index is 12.9. The van der Waals surface area contributed by atoms with Gasteiger partial charge in [0.2, 0.25) is 6.79 Å². The van der Waals surface area contributed by atoms with Crippen LogP contribution in [0.3, 0.4) is 0 Å². The van der Waals surface area contributed by atoms with Gasteiger partial charge in [0.1, 0.15) is 0 Å². The van der Waals surface area contributed by atoms with Crippen LogP contribution in [0.2, 0.25) is 0 Å². The van der Waals surface area contributed by atoms with Crippen LogP contribution in [0.25, 0.3) is 10.9 Å². The molecule has 0 spiro atoms. The number of ether oxygens (including phenoxy) is 2. The van der Waals surface area contributed by atoms with Crippen molar-refractivity contribution >= 4 is 16.8 Å². The van der Waals surface area contributed by atoms with Crippen LogP contribution in [0.4, 0.5) is 0 Å². The fourth-order valence-corrected chi connectivity index (χ4v) is 3.92. The van der Waals surface area contributed by atoms with Crippen molar-refractivity contribution in [1.82, 2.24) is 10.3 Å². The van der Waals surface area contributed by atoms with Gasteiger partial charge in [0.05, 0.1) is 0 Å². The quantitative estimate of drug-likeness (QED) is 0.509. The van der Waals surface area contributed by atoms with E-state index in [1.165, 1.54) is 16.5 Å². The van der Waals surface area contributed by atoms with Crippen LogP contribution in [0, 0.1) is 6.92 Å². The molecule has 4 aromatic rings. The number of carbonyl (C=O) groups is 1. The SMILES string of the molecule is Cc1ccc(C(CNC(=O)c2ccc3c(c2)OCO3)c2c[nH]c3ccccc23)cc1. The van der Waals surface area contributed by atoms with Gasteiger partial charge in [-0.1, -0.05) is 48.0 Å². The molecule has 1 amide bonds. The van der Waals surface area contributed by atoms with Crippen LogP contribution in [0.1, 0.15) is 33.0 Å². The number of aryl methyl sites for hydroxylation is 1. The molecule has 0 bridgehead atoms. The van der Waals surface area contributed by atoms with E-state index >= 15 is 0 Å². The molecule has 0 radical (unpaired) electrons. The monoisotopic (exact) mass is 398 g/mol. The normalized spacial score (nSPS) is 13.4. The first-order valence-corrected chi connectivity index (χ1v) is 9.99. The molecule has 0 aliphatic carbocycles. The number of benzene rings is 3. The maximum absolute atomic E-state index is 12.9. The molecule has 0 saturated heterocycles. The van der Waals surface area contributed by atoms with Gasteiger partial charge in [-0.15, -0.1) is 0 Å². The average Bonchev–Trinajstić information content (AvgIpc) is 3.41. The van der Waals surface area contributed by atoms with Crippen LogP contribution in [-0.2, 0) is 0 Å². The zero-order chi connectivity index (χ0) is 20.5. The van der Waals surface area contributed by atoms with E-state index in [2.05, 4.69) is 53.6 Å². The minimum Gasteiger partial charge on any atom is -0.454 e. The Kier molecular flexibility index (Phi) is 4.64. The summed E-state index contributed by atoms with van der Waals surface area (Å²) in [5.41, 5.74) is 5.19. The van der Waals surface area contributed by atoms with Gasteiger partial charge in [-0.05, 0) is 42.3 Å². The summed E-state index contributed by atoms with van der Waals surface area (Å²) in [5, 5.41) is 4.27. The van der Waals surface area contributed by atoms with E-state index in [0.29, 0.717) is 23.6 Å². The Morgan fingerprint density at radius 3 is 2.70 bits per heavy atom. The van der Waals surface area contributed by atoms with Crippen LogP contribution >= 0.6 is 0 Å². The second kappa shape index (κ2) is 7.59. The molecule has 2 heterocycles. The number of nitrogens with one attached hydrogen (secondary N) is 2. The summed E-state index contributed by atoms with van der Waals surface area (Å²) in [7, 11) is 0. The second-order valence-corrected chi connectivity index (χ2v) is 7.53. The summed E-state index contributed by atoms with van der Waals surface area (Å²) in [6, 6.07) is 22.0. The van der Waals surface area contributed by atoms with Crippen molar-refractivity contribution in [2.75, 3.05) is 13.3 Å². The molecule has 5 nitrogen and oxygen atoms in total. The van der Waals surface area contributed by atoms with Crippen LogP contribution in [-0.4, -0.2) is 24.2 Å². The third kappa shape index (κ3) is 3.39. The lowest BCUT2D eigenvalue weighted by Gasteiger charge is -2.18. The third-order valence-corrected chi connectivity index (χ3v) is 5.58. The number of amides is 1. The highest BCUT2D eigenvalue weighted by molar-refractivity contribution is 5.95. The molecule has 0 fully saturated rings. The highest BCUT2D eigenvalue weighted by atomic mass is 16.7. The zero-order valence-electron chi connectivity index (χ0n) is 16.6. The molecule has 5 heteroatoms. The van der Waals surface area contributed by atoms with Crippen molar-refractivity contribution in [3.63, 3.8) is 0 Å². The van der Waals surface area contributed by atoms with E-state index in [-0.39, 0.29) is 18.6 Å². The molecule has 1 aromatic heterocycles. The molecule has 1 aliphatic rings. The van der Waals surface area contributed by atoms with Crippen molar-refractivity contribution in [3.05, 3.63) is 95.2 Å². The Hall–Kier alpha value is -3.73. The summed E-state index contributed by atoms with van der Waals surface area (Å²) in [4.78, 5) is 16.2. The number of para-hydroxylation sites is 1. The smallest absolute Gasteiger partial charge is 0.251 e. The predicted octanol–water partition coefficient (Wildman–Crippen LogP) is 4.77. The Bertz CT molecular complexity index is 1210. The van der Waals surface area contributed by atoms with E-state index in [0.717, 1.165) is 11.1 Å². The van der Waals surface area contributed by atoms with Crippen molar-refractivity contribution < 1.29 is 14.3 Å². The second-order valence-electron chi connectivity index (χ2n) is 7.53. The summed E-state index contributed by atoms with van der Waals surface area (Å²) in [6.45, 7) is 2.75. The molecule has 3 aromatic carbocycles. The molecule has 30 heavy (non-hydrogen) atoms. The van der Waals surface area contributed by atoms with Crippen molar-refractivity contribution in [2.24, 2.45) is 0 Å². The van der Waals surface area contributed by atoms with E-state index in [9.17, 15) is 4.79 Å². The molecule has 5 rings (SSSR count). The predicted molar refractivity (Wildman–Crippen MR) is 116 cm³/mol. The van der Waals surface area contributed by atoms with Crippen LogP contribution in [0.5, 0.6) is 11.5 Å². The number of hydrogen-bond donors (Lipinski definition) is 2. The number of hydrogen-bond acceptors (Lipinski definition) is 3. The maximum Gasteiger partial charge on any atom is 0.251 e. The average molecular weight is 398 g/mol. The number of carbonyl (C=O) groups excluding carboxylic acids is 1. The molecule has 1 unspecified atom stereocenters. The minimum absolute atomic E-state index is 0.0275. The van der Waals surface area contributed by atoms with E-state index in [4.69, 9.17) is 9.47 Å².